The van der Waals surface area contributed by atoms with Gasteiger partial charge in [-0.1, -0.05) is 0 Å². The predicted octanol–water partition coefficient (Wildman–Crippen LogP) is 3.44. The molecule has 0 saturated carbocycles. The Labute approximate surface area is 102 Å². The number of alkyl halides is 6. The molecule has 3 nitrogen and oxygen atoms in total. The van der Waals surface area contributed by atoms with Gasteiger partial charge in [0.2, 0.25) is 0 Å². The molecule has 0 radical (unpaired) electrons. The molecule has 1 aromatic rings. The van der Waals surface area contributed by atoms with E-state index >= 15 is 0 Å². The van der Waals surface area contributed by atoms with Crippen molar-refractivity contribution in [2.45, 2.75) is 18.4 Å². The van der Waals surface area contributed by atoms with Gasteiger partial charge in [-0.05, 0) is 18.2 Å². The van der Waals surface area contributed by atoms with Gasteiger partial charge >= 0.3 is 18.4 Å². The van der Waals surface area contributed by atoms with E-state index in [-0.39, 0.29) is 5.69 Å². The Bertz CT molecular complexity index is 522. The van der Waals surface area contributed by atoms with Gasteiger partial charge < -0.3 is 10.6 Å². The fourth-order valence-corrected chi connectivity index (χ4v) is 1.72. The molecule has 0 aromatic heterocycles. The zero-order valence-corrected chi connectivity index (χ0v) is 8.99. The minimum atomic E-state index is -4.88. The van der Waals surface area contributed by atoms with E-state index in [4.69, 9.17) is 0 Å². The molecule has 2 amide bonds. The van der Waals surface area contributed by atoms with Crippen molar-refractivity contribution in [2.24, 2.45) is 0 Å². The van der Waals surface area contributed by atoms with Gasteiger partial charge in [-0.25, -0.2) is 4.79 Å². The molecule has 0 bridgehead atoms. The third kappa shape index (κ3) is 2.59. The highest BCUT2D eigenvalue weighted by Crippen LogP contribution is 2.41. The Morgan fingerprint density at radius 2 is 1.68 bits per heavy atom. The van der Waals surface area contributed by atoms with Crippen molar-refractivity contribution in [3.05, 3.63) is 29.3 Å². The molecule has 1 aliphatic heterocycles. The lowest BCUT2D eigenvalue weighted by molar-refractivity contribution is -0.155. The average molecular weight is 284 g/mol. The molecular weight excluding hydrogens is 278 g/mol. The van der Waals surface area contributed by atoms with Crippen LogP contribution in [-0.4, -0.2) is 12.2 Å². The fraction of sp³-hybridized carbons (Fsp3) is 0.300. The second-order valence-corrected chi connectivity index (χ2v) is 3.87. The van der Waals surface area contributed by atoms with Crippen LogP contribution in [0.2, 0.25) is 0 Å². The van der Waals surface area contributed by atoms with Crippen LogP contribution in [0.4, 0.5) is 36.8 Å². The van der Waals surface area contributed by atoms with Crippen LogP contribution in [0.25, 0.3) is 0 Å². The number of carbonyl (C=O) groups is 1. The zero-order valence-electron chi connectivity index (χ0n) is 8.99. The largest absolute Gasteiger partial charge is 0.416 e. The summed E-state index contributed by atoms with van der Waals surface area (Å²) in [5.41, 5.74) is -2.17. The summed E-state index contributed by atoms with van der Waals surface area (Å²) in [5, 5.41) is 3.57. The van der Waals surface area contributed by atoms with Gasteiger partial charge in [-0.15, -0.1) is 0 Å². The molecule has 9 heteroatoms. The topological polar surface area (TPSA) is 41.1 Å². The minimum Gasteiger partial charge on any atom is -0.322 e. The number of hydrogen-bond donors (Lipinski definition) is 2. The van der Waals surface area contributed by atoms with Crippen molar-refractivity contribution < 1.29 is 31.1 Å². The standard InChI is InChI=1S/C10H6F6N2O/c11-9(12,13)4-1-2-6-5(3-4)7(10(14,15)16)18-8(19)17-6/h1-3,7H,(H2,17,18,19). The summed E-state index contributed by atoms with van der Waals surface area (Å²) >= 11 is 0. The van der Waals surface area contributed by atoms with Crippen LogP contribution in [0.3, 0.4) is 0 Å². The number of hydrogen-bond acceptors (Lipinski definition) is 1. The summed E-state index contributed by atoms with van der Waals surface area (Å²) in [5.74, 6) is 0. The molecule has 1 unspecified atom stereocenters. The van der Waals surface area contributed by atoms with Crippen LogP contribution < -0.4 is 10.6 Å². The number of amides is 2. The molecule has 1 atom stereocenters. The van der Waals surface area contributed by atoms with E-state index in [0.29, 0.717) is 12.1 Å². The third-order valence-electron chi connectivity index (χ3n) is 2.54. The molecule has 1 aliphatic rings. The maximum atomic E-state index is 12.7. The molecule has 2 N–H and O–H groups in total. The summed E-state index contributed by atoms with van der Waals surface area (Å²) < 4.78 is 75.5. The van der Waals surface area contributed by atoms with Crippen molar-refractivity contribution in [3.8, 4) is 0 Å². The van der Waals surface area contributed by atoms with Crippen LogP contribution in [0.15, 0.2) is 18.2 Å². The summed E-state index contributed by atoms with van der Waals surface area (Å²) in [4.78, 5) is 11.0. The van der Waals surface area contributed by atoms with Crippen LogP contribution in [0.1, 0.15) is 17.2 Å². The monoisotopic (exact) mass is 284 g/mol. The molecule has 1 heterocycles. The van der Waals surface area contributed by atoms with Crippen LogP contribution in [-0.2, 0) is 6.18 Å². The Balaban J connectivity index is 2.54. The van der Waals surface area contributed by atoms with Crippen LogP contribution >= 0.6 is 0 Å². The first kappa shape index (κ1) is 13.5. The quantitative estimate of drug-likeness (QED) is 0.704. The highest BCUT2D eigenvalue weighted by molar-refractivity contribution is 5.93. The maximum absolute atomic E-state index is 12.7. The average Bonchev–Trinajstić information content (AvgIpc) is 2.24. The van der Waals surface area contributed by atoms with E-state index in [1.807, 2.05) is 5.32 Å². The summed E-state index contributed by atoms with van der Waals surface area (Å²) in [7, 11) is 0. The van der Waals surface area contributed by atoms with Crippen LogP contribution in [0.5, 0.6) is 0 Å². The number of benzene rings is 1. The van der Waals surface area contributed by atoms with Crippen molar-refractivity contribution in [3.63, 3.8) is 0 Å². The Kier molecular flexibility index (Phi) is 2.87. The van der Waals surface area contributed by atoms with Gasteiger partial charge in [0, 0.05) is 11.3 Å². The van der Waals surface area contributed by atoms with Gasteiger partial charge in [0.05, 0.1) is 5.56 Å². The van der Waals surface area contributed by atoms with Gasteiger partial charge in [0.1, 0.15) is 0 Å². The molecule has 0 fully saturated rings. The second kappa shape index (κ2) is 4.04. The minimum absolute atomic E-state index is 0.293. The van der Waals surface area contributed by atoms with Gasteiger partial charge in [-0.3, -0.25) is 0 Å². The van der Waals surface area contributed by atoms with E-state index in [2.05, 4.69) is 0 Å². The van der Waals surface area contributed by atoms with E-state index < -0.39 is 35.6 Å². The maximum Gasteiger partial charge on any atom is 0.416 e. The third-order valence-corrected chi connectivity index (χ3v) is 2.54. The first-order chi connectivity index (χ1) is 8.59. The number of anilines is 1. The number of carbonyl (C=O) groups excluding carboxylic acids is 1. The summed E-state index contributed by atoms with van der Waals surface area (Å²) in [6.45, 7) is 0. The number of urea groups is 1. The molecule has 1 aromatic carbocycles. The normalized spacial score (nSPS) is 19.5. The zero-order chi connectivity index (χ0) is 14.4. The number of halogens is 6. The Hall–Kier alpha value is -1.93. The van der Waals surface area contributed by atoms with Crippen molar-refractivity contribution in [1.29, 1.82) is 0 Å². The van der Waals surface area contributed by atoms with E-state index in [1.54, 1.807) is 5.32 Å². The molecule has 2 rings (SSSR count). The number of fused-ring (bicyclic) bond motifs is 1. The summed E-state index contributed by atoms with van der Waals surface area (Å²) in [6, 6.07) is -1.79. The van der Waals surface area contributed by atoms with E-state index in [9.17, 15) is 31.1 Å². The van der Waals surface area contributed by atoms with Crippen molar-refractivity contribution in [1.82, 2.24) is 5.32 Å². The van der Waals surface area contributed by atoms with Crippen molar-refractivity contribution in [2.75, 3.05) is 5.32 Å². The highest BCUT2D eigenvalue weighted by atomic mass is 19.4. The molecular formula is C10H6F6N2O. The lowest BCUT2D eigenvalue weighted by atomic mass is 9.99. The number of rotatable bonds is 0. The highest BCUT2D eigenvalue weighted by Gasteiger charge is 2.46. The van der Waals surface area contributed by atoms with Gasteiger partial charge in [0.25, 0.3) is 0 Å². The second-order valence-electron chi connectivity index (χ2n) is 3.87. The van der Waals surface area contributed by atoms with E-state index in [1.165, 1.54) is 0 Å². The first-order valence-corrected chi connectivity index (χ1v) is 4.94. The molecule has 0 spiro atoms. The molecule has 0 aliphatic carbocycles. The van der Waals surface area contributed by atoms with Crippen LogP contribution in [0, 0.1) is 0 Å². The lowest BCUT2D eigenvalue weighted by Crippen LogP contribution is -2.44. The fourth-order valence-electron chi connectivity index (χ4n) is 1.72. The van der Waals surface area contributed by atoms with E-state index in [0.717, 1.165) is 6.07 Å². The van der Waals surface area contributed by atoms with Crippen molar-refractivity contribution >= 4 is 11.7 Å². The predicted molar refractivity (Wildman–Crippen MR) is 52.4 cm³/mol. The Morgan fingerprint density at radius 3 is 2.21 bits per heavy atom. The Morgan fingerprint density at radius 1 is 1.05 bits per heavy atom. The molecule has 19 heavy (non-hydrogen) atoms. The smallest absolute Gasteiger partial charge is 0.322 e. The number of nitrogens with one attached hydrogen (secondary N) is 2. The molecule has 104 valence electrons. The SMILES string of the molecule is O=C1Nc2ccc(C(F)(F)F)cc2C(C(F)(F)F)N1. The van der Waals surface area contributed by atoms with Gasteiger partial charge in [-0.2, -0.15) is 26.3 Å². The lowest BCUT2D eigenvalue weighted by Gasteiger charge is -2.29. The summed E-state index contributed by atoms with van der Waals surface area (Å²) in [6.07, 6.45) is -9.64. The molecule has 0 saturated heterocycles. The van der Waals surface area contributed by atoms with Gasteiger partial charge in [0.15, 0.2) is 6.04 Å². The first-order valence-electron chi connectivity index (χ1n) is 4.94.